The van der Waals surface area contributed by atoms with E-state index >= 15 is 0 Å². The van der Waals surface area contributed by atoms with Gasteiger partial charge in [0.1, 0.15) is 5.75 Å². The summed E-state index contributed by atoms with van der Waals surface area (Å²) >= 11 is 0. The second kappa shape index (κ2) is 7.84. The van der Waals surface area contributed by atoms with Gasteiger partial charge in [-0.2, -0.15) is 0 Å². The number of allylic oxidation sites excluding steroid dienone is 1. The standard InChI is InChI=1S/C17H25NO3/c1-6-11(2)12(3)17(20)18-13(4)16(19)14-7-9-15(21-5)10-8-14/h7-10,13,16,19H,6H2,1-5H3,(H,18,20)/b12-11-. The summed E-state index contributed by atoms with van der Waals surface area (Å²) in [5.41, 5.74) is 2.52. The Morgan fingerprint density at radius 1 is 1.29 bits per heavy atom. The van der Waals surface area contributed by atoms with Crippen molar-refractivity contribution in [2.45, 2.75) is 46.3 Å². The first-order valence-corrected chi connectivity index (χ1v) is 7.19. The van der Waals surface area contributed by atoms with E-state index < -0.39 is 6.10 Å². The number of ether oxygens (including phenoxy) is 1. The van der Waals surface area contributed by atoms with Gasteiger partial charge >= 0.3 is 0 Å². The van der Waals surface area contributed by atoms with Gasteiger partial charge in [-0.05, 0) is 44.9 Å². The van der Waals surface area contributed by atoms with E-state index in [-0.39, 0.29) is 11.9 Å². The fraction of sp³-hybridized carbons (Fsp3) is 0.471. The minimum atomic E-state index is -0.755. The highest BCUT2D eigenvalue weighted by Gasteiger charge is 2.19. The highest BCUT2D eigenvalue weighted by Crippen LogP contribution is 2.20. The van der Waals surface area contributed by atoms with Gasteiger partial charge in [0, 0.05) is 5.57 Å². The van der Waals surface area contributed by atoms with Crippen LogP contribution in [0.2, 0.25) is 0 Å². The fourth-order valence-electron chi connectivity index (χ4n) is 1.94. The number of hydrogen-bond acceptors (Lipinski definition) is 3. The van der Waals surface area contributed by atoms with Gasteiger partial charge in [-0.25, -0.2) is 0 Å². The Kier molecular flexibility index (Phi) is 6.43. The molecule has 0 aromatic heterocycles. The second-order valence-corrected chi connectivity index (χ2v) is 5.24. The molecule has 0 bridgehead atoms. The molecule has 0 saturated carbocycles. The molecule has 4 nitrogen and oxygen atoms in total. The maximum atomic E-state index is 12.1. The van der Waals surface area contributed by atoms with Gasteiger partial charge in [-0.15, -0.1) is 0 Å². The van der Waals surface area contributed by atoms with Crippen LogP contribution < -0.4 is 10.1 Å². The predicted molar refractivity (Wildman–Crippen MR) is 84.2 cm³/mol. The van der Waals surface area contributed by atoms with E-state index in [0.29, 0.717) is 5.57 Å². The first kappa shape index (κ1) is 17.2. The molecule has 2 unspecified atom stereocenters. The number of benzene rings is 1. The van der Waals surface area contributed by atoms with Gasteiger partial charge in [0.15, 0.2) is 0 Å². The van der Waals surface area contributed by atoms with Crippen LogP contribution >= 0.6 is 0 Å². The molecule has 0 heterocycles. The lowest BCUT2D eigenvalue weighted by Gasteiger charge is -2.21. The Bertz CT molecular complexity index is 505. The zero-order chi connectivity index (χ0) is 16.0. The molecule has 21 heavy (non-hydrogen) atoms. The van der Waals surface area contributed by atoms with Crippen molar-refractivity contribution in [1.29, 1.82) is 0 Å². The van der Waals surface area contributed by atoms with Crippen LogP contribution in [0.15, 0.2) is 35.4 Å². The molecular weight excluding hydrogens is 266 g/mol. The third-order valence-electron chi connectivity index (χ3n) is 3.80. The molecule has 0 aliphatic heterocycles. The summed E-state index contributed by atoms with van der Waals surface area (Å²) in [5.74, 6) is 0.606. The lowest BCUT2D eigenvalue weighted by atomic mass is 10.0. The van der Waals surface area contributed by atoms with Gasteiger partial charge in [0.05, 0.1) is 19.3 Å². The number of methoxy groups -OCH3 is 1. The molecule has 2 N–H and O–H groups in total. The van der Waals surface area contributed by atoms with Crippen molar-refractivity contribution in [1.82, 2.24) is 5.32 Å². The summed E-state index contributed by atoms with van der Waals surface area (Å²) < 4.78 is 5.09. The summed E-state index contributed by atoms with van der Waals surface area (Å²) in [5, 5.41) is 13.2. The molecule has 2 atom stereocenters. The number of aliphatic hydroxyl groups excluding tert-OH is 1. The van der Waals surface area contributed by atoms with Crippen LogP contribution in [0.5, 0.6) is 5.75 Å². The van der Waals surface area contributed by atoms with E-state index in [1.54, 1.807) is 45.2 Å². The maximum Gasteiger partial charge on any atom is 0.247 e. The van der Waals surface area contributed by atoms with Crippen molar-refractivity contribution in [2.75, 3.05) is 7.11 Å². The number of hydrogen-bond donors (Lipinski definition) is 2. The number of amides is 1. The molecule has 0 spiro atoms. The maximum absolute atomic E-state index is 12.1. The van der Waals surface area contributed by atoms with Crippen molar-refractivity contribution >= 4 is 5.91 Å². The molecule has 116 valence electrons. The highest BCUT2D eigenvalue weighted by molar-refractivity contribution is 5.93. The summed E-state index contributed by atoms with van der Waals surface area (Å²) in [4.78, 5) is 12.1. The van der Waals surface area contributed by atoms with Crippen LogP contribution in [0, 0.1) is 0 Å². The SMILES string of the molecule is CC/C(C)=C(/C)C(=O)NC(C)C(O)c1ccc(OC)cc1. The monoisotopic (exact) mass is 291 g/mol. The molecule has 0 fully saturated rings. The Hall–Kier alpha value is -1.81. The van der Waals surface area contributed by atoms with Crippen molar-refractivity contribution in [3.63, 3.8) is 0 Å². The second-order valence-electron chi connectivity index (χ2n) is 5.24. The van der Waals surface area contributed by atoms with Crippen molar-refractivity contribution in [2.24, 2.45) is 0 Å². The predicted octanol–water partition coefficient (Wildman–Crippen LogP) is 2.98. The molecule has 0 radical (unpaired) electrons. The van der Waals surface area contributed by atoms with Gasteiger partial charge in [0.2, 0.25) is 5.91 Å². The van der Waals surface area contributed by atoms with E-state index in [9.17, 15) is 9.90 Å². The number of carbonyl (C=O) groups excluding carboxylic acids is 1. The van der Waals surface area contributed by atoms with Crippen LogP contribution in [-0.2, 0) is 4.79 Å². The van der Waals surface area contributed by atoms with Crippen molar-refractivity contribution < 1.29 is 14.6 Å². The summed E-state index contributed by atoms with van der Waals surface area (Å²) in [6, 6.07) is 6.81. The van der Waals surface area contributed by atoms with Crippen LogP contribution in [-0.4, -0.2) is 24.2 Å². The zero-order valence-electron chi connectivity index (χ0n) is 13.4. The molecule has 0 aliphatic rings. The van der Waals surface area contributed by atoms with Crippen molar-refractivity contribution in [3.05, 3.63) is 41.0 Å². The normalized spacial score (nSPS) is 15.0. The highest BCUT2D eigenvalue weighted by atomic mass is 16.5. The van der Waals surface area contributed by atoms with Crippen LogP contribution in [0.1, 0.15) is 45.8 Å². The first-order valence-electron chi connectivity index (χ1n) is 7.19. The lowest BCUT2D eigenvalue weighted by Crippen LogP contribution is -2.37. The quantitative estimate of drug-likeness (QED) is 0.792. The number of carbonyl (C=O) groups is 1. The Morgan fingerprint density at radius 2 is 1.86 bits per heavy atom. The van der Waals surface area contributed by atoms with Gasteiger partial charge in [-0.3, -0.25) is 4.79 Å². The van der Waals surface area contributed by atoms with E-state index in [1.165, 1.54) is 0 Å². The molecular formula is C17H25NO3. The van der Waals surface area contributed by atoms with Crippen molar-refractivity contribution in [3.8, 4) is 5.75 Å². The molecule has 0 aliphatic carbocycles. The number of rotatable bonds is 6. The van der Waals surface area contributed by atoms with E-state index in [4.69, 9.17) is 4.74 Å². The van der Waals surface area contributed by atoms with Gasteiger partial charge in [0.25, 0.3) is 0 Å². The third kappa shape index (κ3) is 4.60. The topological polar surface area (TPSA) is 58.6 Å². The average molecular weight is 291 g/mol. The largest absolute Gasteiger partial charge is 0.497 e. The molecule has 1 aromatic rings. The molecule has 1 aromatic carbocycles. The van der Waals surface area contributed by atoms with Crippen LogP contribution in [0.3, 0.4) is 0 Å². The summed E-state index contributed by atoms with van der Waals surface area (Å²) in [6.07, 6.45) is 0.0869. The minimum Gasteiger partial charge on any atom is -0.497 e. The molecule has 1 amide bonds. The smallest absolute Gasteiger partial charge is 0.247 e. The molecule has 1 rings (SSSR count). The van der Waals surface area contributed by atoms with E-state index in [1.807, 2.05) is 13.8 Å². The molecule has 0 saturated heterocycles. The number of aliphatic hydroxyl groups is 1. The first-order chi connectivity index (χ1) is 9.90. The number of nitrogens with one attached hydrogen (secondary N) is 1. The molecule has 4 heteroatoms. The fourth-order valence-corrected chi connectivity index (χ4v) is 1.94. The minimum absolute atomic E-state index is 0.130. The van der Waals surface area contributed by atoms with Crippen LogP contribution in [0.25, 0.3) is 0 Å². The lowest BCUT2D eigenvalue weighted by molar-refractivity contribution is -0.118. The van der Waals surface area contributed by atoms with E-state index in [0.717, 1.165) is 23.3 Å². The Balaban J connectivity index is 2.74. The van der Waals surface area contributed by atoms with E-state index in [2.05, 4.69) is 5.32 Å². The summed E-state index contributed by atoms with van der Waals surface area (Å²) in [7, 11) is 1.60. The Labute approximate surface area is 126 Å². The van der Waals surface area contributed by atoms with Gasteiger partial charge < -0.3 is 15.2 Å². The zero-order valence-corrected chi connectivity index (χ0v) is 13.4. The third-order valence-corrected chi connectivity index (χ3v) is 3.80. The Morgan fingerprint density at radius 3 is 2.33 bits per heavy atom. The van der Waals surface area contributed by atoms with Gasteiger partial charge in [-0.1, -0.05) is 24.6 Å². The van der Waals surface area contributed by atoms with Crippen LogP contribution in [0.4, 0.5) is 0 Å². The average Bonchev–Trinajstić information content (AvgIpc) is 2.52. The summed E-state index contributed by atoms with van der Waals surface area (Å²) in [6.45, 7) is 7.56.